The molecule has 1 aromatic carbocycles. The van der Waals surface area contributed by atoms with Gasteiger partial charge in [0.1, 0.15) is 11.5 Å². The van der Waals surface area contributed by atoms with E-state index in [0.29, 0.717) is 5.92 Å². The third kappa shape index (κ3) is 5.90. The Balaban J connectivity index is 2.39. The first-order valence-corrected chi connectivity index (χ1v) is 17.3. The van der Waals surface area contributed by atoms with Crippen LogP contribution < -0.4 is 14.3 Å². The molecular weight excluding hydrogens is 406 g/mol. The summed E-state index contributed by atoms with van der Waals surface area (Å²) in [5.74, 6) is 2.42. The second-order valence-electron chi connectivity index (χ2n) is 12.1. The van der Waals surface area contributed by atoms with Gasteiger partial charge in [-0.05, 0) is 79.5 Å². The van der Waals surface area contributed by atoms with Crippen molar-refractivity contribution in [3.8, 4) is 11.5 Å². The van der Waals surface area contributed by atoms with E-state index in [1.807, 2.05) is 0 Å². The average Bonchev–Trinajstić information content (AvgIpc) is 2.59. The number of hydrogen-bond acceptors (Lipinski definition) is 4. The minimum Gasteiger partial charge on any atom is -0.543 e. The molecule has 30 heavy (non-hydrogen) atoms. The van der Waals surface area contributed by atoms with Crippen LogP contribution in [0.15, 0.2) is 18.2 Å². The largest absolute Gasteiger partial charge is 0.543 e. The highest BCUT2D eigenvalue weighted by atomic mass is 28.4. The first-order chi connectivity index (χ1) is 13.6. The maximum atomic E-state index is 9.27. The molecule has 2 rings (SSSR count). The molecule has 0 amide bonds. The van der Waals surface area contributed by atoms with Gasteiger partial charge in [0, 0.05) is 12.1 Å². The standard InChI is InChI=1S/C24H45NO3Si2/c1-23(2,3)29(7,8)27-20-15-16-21(18-11-13-19(25-26)14-12-18)22(17-20)28-30(9,10)24(4,5)6/h15-19,25-26H,11-14H2,1-10H3. The predicted molar refractivity (Wildman–Crippen MR) is 132 cm³/mol. The van der Waals surface area contributed by atoms with E-state index < -0.39 is 16.6 Å². The highest BCUT2D eigenvalue weighted by Gasteiger charge is 2.41. The van der Waals surface area contributed by atoms with Crippen LogP contribution in [0, 0.1) is 0 Å². The molecule has 0 aromatic heterocycles. The Morgan fingerprint density at radius 3 is 1.80 bits per heavy atom. The molecule has 0 atom stereocenters. The maximum Gasteiger partial charge on any atom is 0.250 e. The van der Waals surface area contributed by atoms with E-state index in [4.69, 9.17) is 8.85 Å². The summed E-state index contributed by atoms with van der Waals surface area (Å²) in [6, 6.07) is 6.76. The van der Waals surface area contributed by atoms with Crippen LogP contribution in [0.2, 0.25) is 36.3 Å². The van der Waals surface area contributed by atoms with E-state index in [-0.39, 0.29) is 16.1 Å². The van der Waals surface area contributed by atoms with E-state index in [9.17, 15) is 5.21 Å². The Morgan fingerprint density at radius 1 is 0.833 bits per heavy atom. The molecule has 0 bridgehead atoms. The lowest BCUT2D eigenvalue weighted by Gasteiger charge is -2.39. The third-order valence-electron chi connectivity index (χ3n) is 7.69. The summed E-state index contributed by atoms with van der Waals surface area (Å²) in [6.07, 6.45) is 4.11. The summed E-state index contributed by atoms with van der Waals surface area (Å²) in [6.45, 7) is 22.9. The van der Waals surface area contributed by atoms with Crippen LogP contribution in [-0.2, 0) is 0 Å². The molecule has 4 nitrogen and oxygen atoms in total. The molecule has 172 valence electrons. The summed E-state index contributed by atoms with van der Waals surface area (Å²) < 4.78 is 13.5. The summed E-state index contributed by atoms with van der Waals surface area (Å²) in [5.41, 5.74) is 3.76. The van der Waals surface area contributed by atoms with Crippen LogP contribution in [0.25, 0.3) is 0 Å². The van der Waals surface area contributed by atoms with Crippen molar-refractivity contribution in [1.82, 2.24) is 5.48 Å². The molecule has 1 saturated carbocycles. The monoisotopic (exact) mass is 451 g/mol. The molecule has 0 heterocycles. The van der Waals surface area contributed by atoms with Crippen molar-refractivity contribution in [1.29, 1.82) is 0 Å². The Kier molecular flexibility index (Phi) is 7.60. The topological polar surface area (TPSA) is 50.7 Å². The van der Waals surface area contributed by atoms with Gasteiger partial charge in [0.15, 0.2) is 0 Å². The van der Waals surface area contributed by atoms with E-state index in [0.717, 1.165) is 37.2 Å². The molecule has 1 aliphatic rings. The zero-order valence-electron chi connectivity index (χ0n) is 21.0. The van der Waals surface area contributed by atoms with E-state index in [1.54, 1.807) is 0 Å². The highest BCUT2D eigenvalue weighted by Crippen LogP contribution is 2.45. The average molecular weight is 452 g/mol. The number of hydrogen-bond donors (Lipinski definition) is 2. The van der Waals surface area contributed by atoms with Crippen molar-refractivity contribution < 1.29 is 14.1 Å². The van der Waals surface area contributed by atoms with Crippen LogP contribution in [0.4, 0.5) is 0 Å². The van der Waals surface area contributed by atoms with Gasteiger partial charge in [-0.15, -0.1) is 0 Å². The molecule has 1 fully saturated rings. The van der Waals surface area contributed by atoms with Crippen molar-refractivity contribution in [3.63, 3.8) is 0 Å². The predicted octanol–water partition coefficient (Wildman–Crippen LogP) is 7.46. The minimum atomic E-state index is -1.98. The SMILES string of the molecule is CC(C)(C)[Si](C)(C)Oc1ccc(C2CCC(NO)CC2)c(O[Si](C)(C)C(C)(C)C)c1. The van der Waals surface area contributed by atoms with Gasteiger partial charge in [-0.2, -0.15) is 0 Å². The molecule has 0 radical (unpaired) electrons. The van der Waals surface area contributed by atoms with E-state index >= 15 is 0 Å². The van der Waals surface area contributed by atoms with Crippen LogP contribution in [0.5, 0.6) is 11.5 Å². The van der Waals surface area contributed by atoms with Gasteiger partial charge in [-0.3, -0.25) is 0 Å². The van der Waals surface area contributed by atoms with Gasteiger partial charge in [0.25, 0.3) is 0 Å². The van der Waals surface area contributed by atoms with Gasteiger partial charge in [-0.1, -0.05) is 47.6 Å². The van der Waals surface area contributed by atoms with Crippen LogP contribution in [0.3, 0.4) is 0 Å². The van der Waals surface area contributed by atoms with Crippen molar-refractivity contribution in [3.05, 3.63) is 23.8 Å². The van der Waals surface area contributed by atoms with Gasteiger partial charge < -0.3 is 14.1 Å². The van der Waals surface area contributed by atoms with Gasteiger partial charge in [0.2, 0.25) is 16.6 Å². The zero-order chi connectivity index (χ0) is 23.0. The zero-order valence-corrected chi connectivity index (χ0v) is 23.0. The molecule has 0 spiro atoms. The van der Waals surface area contributed by atoms with Crippen molar-refractivity contribution >= 4 is 16.6 Å². The van der Waals surface area contributed by atoms with E-state index in [2.05, 4.69) is 91.4 Å². The number of rotatable bonds is 6. The Hall–Kier alpha value is -0.826. The Bertz CT molecular complexity index is 712. The molecule has 2 N–H and O–H groups in total. The summed E-state index contributed by atoms with van der Waals surface area (Å²) in [4.78, 5) is 0. The minimum absolute atomic E-state index is 0.138. The summed E-state index contributed by atoms with van der Waals surface area (Å²) >= 11 is 0. The maximum absolute atomic E-state index is 9.27. The van der Waals surface area contributed by atoms with Crippen molar-refractivity contribution in [2.45, 2.75) is 115 Å². The molecule has 1 aliphatic carbocycles. The fraction of sp³-hybridized carbons (Fsp3) is 0.750. The lowest BCUT2D eigenvalue weighted by Crippen LogP contribution is -2.44. The first-order valence-electron chi connectivity index (χ1n) is 11.5. The Morgan fingerprint density at radius 2 is 1.33 bits per heavy atom. The number of benzene rings is 1. The van der Waals surface area contributed by atoms with Crippen LogP contribution in [0.1, 0.15) is 78.7 Å². The van der Waals surface area contributed by atoms with E-state index in [1.165, 1.54) is 5.56 Å². The molecule has 6 heteroatoms. The highest BCUT2D eigenvalue weighted by molar-refractivity contribution is 6.75. The molecule has 1 aromatic rings. The normalized spacial score (nSPS) is 21.4. The molecule has 0 saturated heterocycles. The van der Waals surface area contributed by atoms with Crippen molar-refractivity contribution in [2.24, 2.45) is 0 Å². The van der Waals surface area contributed by atoms with Gasteiger partial charge in [-0.25, -0.2) is 5.48 Å². The molecular formula is C24H45NO3Si2. The van der Waals surface area contributed by atoms with Crippen LogP contribution in [-0.4, -0.2) is 27.9 Å². The Labute approximate surface area is 187 Å². The molecule has 0 unspecified atom stereocenters. The summed E-state index contributed by atoms with van der Waals surface area (Å²) in [7, 11) is -3.89. The second-order valence-corrected chi connectivity index (χ2v) is 21.6. The molecule has 0 aliphatic heterocycles. The number of nitrogens with one attached hydrogen (secondary N) is 1. The van der Waals surface area contributed by atoms with Gasteiger partial charge in [0.05, 0.1) is 0 Å². The fourth-order valence-corrected chi connectivity index (χ4v) is 5.47. The fourth-order valence-electron chi connectivity index (χ4n) is 3.41. The van der Waals surface area contributed by atoms with Crippen molar-refractivity contribution in [2.75, 3.05) is 0 Å². The lowest BCUT2D eigenvalue weighted by atomic mass is 9.81. The number of hydroxylamine groups is 1. The smallest absolute Gasteiger partial charge is 0.250 e. The first kappa shape index (κ1) is 25.4. The van der Waals surface area contributed by atoms with Crippen LogP contribution >= 0.6 is 0 Å². The second kappa shape index (κ2) is 8.96. The summed E-state index contributed by atoms with van der Waals surface area (Å²) in [5, 5.41) is 9.57. The third-order valence-corrected chi connectivity index (χ3v) is 16.4. The quantitative estimate of drug-likeness (QED) is 0.348. The lowest BCUT2D eigenvalue weighted by molar-refractivity contribution is 0.103. The van der Waals surface area contributed by atoms with Gasteiger partial charge >= 0.3 is 0 Å².